The third-order valence-corrected chi connectivity index (χ3v) is 3.90. The van der Waals surface area contributed by atoms with Crippen LogP contribution in [0.4, 0.5) is 8.78 Å². The predicted octanol–water partition coefficient (Wildman–Crippen LogP) is 1.04. The summed E-state index contributed by atoms with van der Waals surface area (Å²) in [5.74, 6) is -1.31. The van der Waals surface area contributed by atoms with Gasteiger partial charge in [0.05, 0.1) is 15.7 Å². The largest absolute Gasteiger partial charge is 0.396 e. The maximum absolute atomic E-state index is 13.3. The zero-order valence-corrected chi connectivity index (χ0v) is 10.3. The lowest BCUT2D eigenvalue weighted by atomic mass is 10.2. The van der Waals surface area contributed by atoms with E-state index in [9.17, 15) is 13.0 Å². The van der Waals surface area contributed by atoms with Gasteiger partial charge in [-0.1, -0.05) is 0 Å². The van der Waals surface area contributed by atoms with Gasteiger partial charge in [0.25, 0.3) is 0 Å². The summed E-state index contributed by atoms with van der Waals surface area (Å²) in [4.78, 5) is -0.00964. The van der Waals surface area contributed by atoms with Crippen molar-refractivity contribution in [3.63, 3.8) is 0 Å². The van der Waals surface area contributed by atoms with Crippen molar-refractivity contribution >= 4 is 10.8 Å². The Bertz CT molecular complexity index is 401. The highest BCUT2D eigenvalue weighted by atomic mass is 32.2. The zero-order chi connectivity index (χ0) is 12.8. The van der Waals surface area contributed by atoms with E-state index in [1.165, 1.54) is 6.07 Å². The van der Waals surface area contributed by atoms with Crippen LogP contribution in [0.2, 0.25) is 0 Å². The Hall–Kier alpha value is -0.850. The standard InChI is InChI=1S/C11H15F2NO2S/c1-14-9(4-5-15)7-17(16)11-3-2-8(12)6-10(11)13/h2-3,6,9,14-15H,4-5,7H2,1H3. The van der Waals surface area contributed by atoms with Crippen LogP contribution in [-0.2, 0) is 10.8 Å². The lowest BCUT2D eigenvalue weighted by Gasteiger charge is -2.14. The molecule has 0 aliphatic heterocycles. The molecule has 0 aliphatic carbocycles. The molecule has 0 amide bonds. The van der Waals surface area contributed by atoms with Gasteiger partial charge in [-0.3, -0.25) is 4.21 Å². The molecular formula is C11H15F2NO2S. The molecule has 17 heavy (non-hydrogen) atoms. The van der Waals surface area contributed by atoms with Gasteiger partial charge in [0.1, 0.15) is 11.6 Å². The van der Waals surface area contributed by atoms with E-state index in [1.54, 1.807) is 7.05 Å². The first-order valence-corrected chi connectivity index (χ1v) is 6.52. The van der Waals surface area contributed by atoms with Crippen molar-refractivity contribution in [3.05, 3.63) is 29.8 Å². The lowest BCUT2D eigenvalue weighted by molar-refractivity contribution is 0.272. The van der Waals surface area contributed by atoms with Crippen LogP contribution in [0.5, 0.6) is 0 Å². The molecule has 0 saturated carbocycles. The Labute approximate surface area is 101 Å². The molecule has 0 radical (unpaired) electrons. The first kappa shape index (κ1) is 14.2. The average Bonchev–Trinajstić information content (AvgIpc) is 2.28. The van der Waals surface area contributed by atoms with Crippen LogP contribution < -0.4 is 5.32 Å². The smallest absolute Gasteiger partial charge is 0.142 e. The van der Waals surface area contributed by atoms with E-state index in [0.29, 0.717) is 12.5 Å². The van der Waals surface area contributed by atoms with Gasteiger partial charge in [0, 0.05) is 24.5 Å². The quantitative estimate of drug-likeness (QED) is 0.806. The van der Waals surface area contributed by atoms with Crippen molar-refractivity contribution in [2.45, 2.75) is 17.4 Å². The molecular weight excluding hydrogens is 248 g/mol. The summed E-state index contributed by atoms with van der Waals surface area (Å²) in [6.07, 6.45) is 0.436. The van der Waals surface area contributed by atoms with Crippen LogP contribution in [0.25, 0.3) is 0 Å². The Kier molecular flexibility index (Phi) is 5.67. The van der Waals surface area contributed by atoms with Crippen LogP contribution >= 0.6 is 0 Å². The molecule has 0 aromatic heterocycles. The second-order valence-corrected chi connectivity index (χ2v) is 5.05. The summed E-state index contributed by atoms with van der Waals surface area (Å²) in [5, 5.41) is 11.7. The molecule has 2 unspecified atom stereocenters. The third kappa shape index (κ3) is 4.14. The summed E-state index contributed by atoms with van der Waals surface area (Å²) in [7, 11) is 0.129. The Morgan fingerprint density at radius 2 is 2.18 bits per heavy atom. The van der Waals surface area contributed by atoms with Gasteiger partial charge in [0.2, 0.25) is 0 Å². The number of halogens is 2. The maximum Gasteiger partial charge on any atom is 0.142 e. The van der Waals surface area contributed by atoms with Crippen molar-refractivity contribution in [2.24, 2.45) is 0 Å². The van der Waals surface area contributed by atoms with Crippen LogP contribution in [0.15, 0.2) is 23.1 Å². The van der Waals surface area contributed by atoms with Crippen LogP contribution in [0, 0.1) is 11.6 Å². The Morgan fingerprint density at radius 1 is 1.47 bits per heavy atom. The van der Waals surface area contributed by atoms with E-state index in [2.05, 4.69) is 5.32 Å². The highest BCUT2D eigenvalue weighted by Gasteiger charge is 2.15. The highest BCUT2D eigenvalue weighted by molar-refractivity contribution is 7.85. The zero-order valence-electron chi connectivity index (χ0n) is 9.45. The second kappa shape index (κ2) is 6.78. The molecule has 2 atom stereocenters. The van der Waals surface area contributed by atoms with Gasteiger partial charge in [0.15, 0.2) is 0 Å². The number of rotatable bonds is 6. The number of nitrogens with one attached hydrogen (secondary N) is 1. The van der Waals surface area contributed by atoms with Crippen LogP contribution in [-0.4, -0.2) is 34.8 Å². The molecule has 1 aromatic rings. The van der Waals surface area contributed by atoms with E-state index < -0.39 is 22.4 Å². The molecule has 96 valence electrons. The first-order valence-electron chi connectivity index (χ1n) is 5.20. The highest BCUT2D eigenvalue weighted by Crippen LogP contribution is 2.15. The fourth-order valence-electron chi connectivity index (χ4n) is 1.40. The summed E-state index contributed by atoms with van der Waals surface area (Å²) in [6.45, 7) is -0.0331. The van der Waals surface area contributed by atoms with Gasteiger partial charge in [-0.15, -0.1) is 0 Å². The molecule has 0 spiro atoms. The minimum absolute atomic E-state index is 0.00964. The molecule has 2 N–H and O–H groups in total. The minimum atomic E-state index is -1.55. The number of aliphatic hydroxyl groups is 1. The number of aliphatic hydroxyl groups excluding tert-OH is 1. The molecule has 1 rings (SSSR count). The number of hydrogen-bond donors (Lipinski definition) is 2. The molecule has 6 heteroatoms. The van der Waals surface area contributed by atoms with Gasteiger partial charge in [-0.2, -0.15) is 0 Å². The van der Waals surface area contributed by atoms with E-state index in [4.69, 9.17) is 5.11 Å². The monoisotopic (exact) mass is 263 g/mol. The Balaban J connectivity index is 2.75. The van der Waals surface area contributed by atoms with Crippen LogP contribution in [0.1, 0.15) is 6.42 Å². The van der Waals surface area contributed by atoms with Gasteiger partial charge >= 0.3 is 0 Å². The van der Waals surface area contributed by atoms with Crippen molar-refractivity contribution in [2.75, 3.05) is 19.4 Å². The minimum Gasteiger partial charge on any atom is -0.396 e. The topological polar surface area (TPSA) is 49.3 Å². The SMILES string of the molecule is CNC(CCO)CS(=O)c1ccc(F)cc1F. The fourth-order valence-corrected chi connectivity index (χ4v) is 2.77. The lowest BCUT2D eigenvalue weighted by Crippen LogP contribution is -2.32. The molecule has 0 bridgehead atoms. The second-order valence-electron chi connectivity index (χ2n) is 3.58. The van der Waals surface area contributed by atoms with Gasteiger partial charge < -0.3 is 10.4 Å². The summed E-state index contributed by atoms with van der Waals surface area (Å²) in [5.41, 5.74) is 0. The predicted molar refractivity (Wildman–Crippen MR) is 62.2 cm³/mol. The number of benzene rings is 1. The molecule has 0 fully saturated rings. The summed E-state index contributed by atoms with van der Waals surface area (Å²) in [6, 6.07) is 2.82. The van der Waals surface area contributed by atoms with Crippen molar-refractivity contribution < 1.29 is 18.1 Å². The van der Waals surface area contributed by atoms with E-state index >= 15 is 0 Å². The van der Waals surface area contributed by atoms with E-state index in [0.717, 1.165) is 6.07 Å². The van der Waals surface area contributed by atoms with Gasteiger partial charge in [-0.25, -0.2) is 8.78 Å². The summed E-state index contributed by atoms with van der Waals surface area (Å²) >= 11 is 0. The van der Waals surface area contributed by atoms with E-state index in [-0.39, 0.29) is 23.3 Å². The normalized spacial score (nSPS) is 14.6. The molecule has 0 saturated heterocycles. The van der Waals surface area contributed by atoms with Crippen molar-refractivity contribution in [1.29, 1.82) is 0 Å². The number of hydrogen-bond acceptors (Lipinski definition) is 3. The first-order chi connectivity index (χ1) is 8.08. The van der Waals surface area contributed by atoms with Crippen LogP contribution in [0.3, 0.4) is 0 Å². The molecule has 0 aliphatic rings. The summed E-state index contributed by atoms with van der Waals surface area (Å²) < 4.78 is 37.9. The fraction of sp³-hybridized carbons (Fsp3) is 0.455. The maximum atomic E-state index is 13.3. The Morgan fingerprint density at radius 3 is 2.71 bits per heavy atom. The van der Waals surface area contributed by atoms with Crippen molar-refractivity contribution in [3.8, 4) is 0 Å². The molecule has 0 heterocycles. The third-order valence-electron chi connectivity index (χ3n) is 2.38. The molecule has 1 aromatic carbocycles. The molecule has 3 nitrogen and oxygen atoms in total. The van der Waals surface area contributed by atoms with E-state index in [1.807, 2.05) is 0 Å². The van der Waals surface area contributed by atoms with Crippen molar-refractivity contribution in [1.82, 2.24) is 5.32 Å². The van der Waals surface area contributed by atoms with Gasteiger partial charge in [-0.05, 0) is 25.6 Å². The average molecular weight is 263 g/mol.